The summed E-state index contributed by atoms with van der Waals surface area (Å²) in [5.41, 5.74) is 1.53. The number of hydrogen-bond donors (Lipinski definition) is 0. The maximum absolute atomic E-state index is 12.1. The molecule has 0 amide bonds. The summed E-state index contributed by atoms with van der Waals surface area (Å²) in [5.74, 6) is 0. The number of carbonyl (C=O) groups is 1. The normalized spacial score (nSPS) is 11.6. The van der Waals surface area contributed by atoms with Crippen molar-refractivity contribution in [2.45, 2.75) is 59.5 Å². The monoisotopic (exact) mass is 237 g/mol. The molecule has 0 aliphatic heterocycles. The van der Waals surface area contributed by atoms with Crippen molar-refractivity contribution < 1.29 is 9.53 Å². The van der Waals surface area contributed by atoms with Crippen LogP contribution in [0.5, 0.6) is 0 Å². The Kier molecular flexibility index (Phi) is 4.38. The molecule has 1 rings (SSSR count). The van der Waals surface area contributed by atoms with Crippen molar-refractivity contribution >= 4 is 6.09 Å². The molecule has 0 saturated heterocycles. The third-order valence-corrected chi connectivity index (χ3v) is 2.52. The molecule has 0 fully saturated rings. The van der Waals surface area contributed by atoms with E-state index in [0.29, 0.717) is 0 Å². The van der Waals surface area contributed by atoms with Gasteiger partial charge in [-0.1, -0.05) is 13.3 Å². The van der Waals surface area contributed by atoms with Gasteiger partial charge in [0, 0.05) is 11.4 Å². The van der Waals surface area contributed by atoms with Crippen LogP contribution in [-0.4, -0.2) is 16.3 Å². The first-order valence-corrected chi connectivity index (χ1v) is 6.25. The molecule has 0 aliphatic carbocycles. The Hall–Kier alpha value is -1.25. The summed E-state index contributed by atoms with van der Waals surface area (Å²) in [6.07, 6.45) is 2.86. The fourth-order valence-corrected chi connectivity index (χ4v) is 1.71. The van der Waals surface area contributed by atoms with E-state index < -0.39 is 5.60 Å². The van der Waals surface area contributed by atoms with E-state index >= 15 is 0 Å². The van der Waals surface area contributed by atoms with Gasteiger partial charge in [0.2, 0.25) is 0 Å². The summed E-state index contributed by atoms with van der Waals surface area (Å²) < 4.78 is 7.09. The number of ether oxygens (including phenoxy) is 1. The van der Waals surface area contributed by atoms with E-state index in [-0.39, 0.29) is 6.09 Å². The highest BCUT2D eigenvalue weighted by molar-refractivity contribution is 5.73. The quantitative estimate of drug-likeness (QED) is 0.797. The number of unbranched alkanes of at least 4 members (excludes halogenated alkanes) is 1. The molecule has 0 N–H and O–H groups in total. The van der Waals surface area contributed by atoms with Gasteiger partial charge in [-0.05, 0) is 52.7 Å². The van der Waals surface area contributed by atoms with Crippen LogP contribution in [0.2, 0.25) is 0 Å². The molecule has 0 saturated carbocycles. The molecule has 0 atom stereocenters. The standard InChI is InChI=1S/C14H23NO2/c1-6-7-8-12-10-9-11(2)15(12)13(16)17-14(3,4)5/h9-10H,6-8H2,1-5H3. The summed E-state index contributed by atoms with van der Waals surface area (Å²) in [6.45, 7) is 9.73. The molecule has 17 heavy (non-hydrogen) atoms. The second-order valence-corrected chi connectivity index (χ2v) is 5.39. The van der Waals surface area contributed by atoms with Gasteiger partial charge in [-0.3, -0.25) is 4.57 Å². The molecule has 3 nitrogen and oxygen atoms in total. The predicted octanol–water partition coefficient (Wildman–Crippen LogP) is 3.92. The summed E-state index contributed by atoms with van der Waals surface area (Å²) in [6, 6.07) is 3.98. The first-order valence-electron chi connectivity index (χ1n) is 6.25. The van der Waals surface area contributed by atoms with E-state index in [1.54, 1.807) is 4.57 Å². The minimum absolute atomic E-state index is 0.272. The lowest BCUT2D eigenvalue weighted by Crippen LogP contribution is -2.28. The SMILES string of the molecule is CCCCc1ccc(C)n1C(=O)OC(C)(C)C. The highest BCUT2D eigenvalue weighted by atomic mass is 16.6. The largest absolute Gasteiger partial charge is 0.443 e. The Bertz CT molecular complexity index is 385. The fourth-order valence-electron chi connectivity index (χ4n) is 1.71. The van der Waals surface area contributed by atoms with Crippen molar-refractivity contribution in [2.75, 3.05) is 0 Å². The van der Waals surface area contributed by atoms with Crippen LogP contribution in [0, 0.1) is 6.92 Å². The molecule has 0 bridgehead atoms. The van der Waals surface area contributed by atoms with Gasteiger partial charge in [0.05, 0.1) is 0 Å². The highest BCUT2D eigenvalue weighted by Gasteiger charge is 2.20. The Morgan fingerprint density at radius 3 is 2.53 bits per heavy atom. The van der Waals surface area contributed by atoms with Gasteiger partial charge in [-0.15, -0.1) is 0 Å². The van der Waals surface area contributed by atoms with Crippen LogP contribution in [0.3, 0.4) is 0 Å². The van der Waals surface area contributed by atoms with E-state index in [9.17, 15) is 4.79 Å². The molecular weight excluding hydrogens is 214 g/mol. The lowest BCUT2D eigenvalue weighted by atomic mass is 10.2. The van der Waals surface area contributed by atoms with Crippen LogP contribution in [0.25, 0.3) is 0 Å². The summed E-state index contributed by atoms with van der Waals surface area (Å²) in [7, 11) is 0. The predicted molar refractivity (Wildman–Crippen MR) is 69.4 cm³/mol. The van der Waals surface area contributed by atoms with Gasteiger partial charge in [-0.25, -0.2) is 4.79 Å². The number of rotatable bonds is 3. The first-order chi connectivity index (χ1) is 7.85. The Balaban J connectivity index is 2.88. The number of aromatic nitrogens is 1. The molecular formula is C14H23NO2. The second kappa shape index (κ2) is 5.39. The lowest BCUT2D eigenvalue weighted by molar-refractivity contribution is 0.0530. The molecule has 0 spiro atoms. The average Bonchev–Trinajstić information content (AvgIpc) is 2.54. The number of nitrogens with zero attached hydrogens (tertiary/aromatic N) is 1. The van der Waals surface area contributed by atoms with E-state index in [0.717, 1.165) is 30.7 Å². The van der Waals surface area contributed by atoms with Crippen LogP contribution in [0.15, 0.2) is 12.1 Å². The zero-order chi connectivity index (χ0) is 13.1. The minimum Gasteiger partial charge on any atom is -0.443 e. The van der Waals surface area contributed by atoms with Gasteiger partial charge in [-0.2, -0.15) is 0 Å². The molecule has 0 aliphatic rings. The third-order valence-electron chi connectivity index (χ3n) is 2.52. The maximum Gasteiger partial charge on any atom is 0.418 e. The summed E-state index contributed by atoms with van der Waals surface area (Å²) >= 11 is 0. The molecule has 0 unspecified atom stereocenters. The lowest BCUT2D eigenvalue weighted by Gasteiger charge is -2.21. The zero-order valence-electron chi connectivity index (χ0n) is 11.5. The maximum atomic E-state index is 12.1. The van der Waals surface area contributed by atoms with Crippen molar-refractivity contribution in [3.63, 3.8) is 0 Å². The van der Waals surface area contributed by atoms with Crippen molar-refractivity contribution in [3.8, 4) is 0 Å². The van der Waals surface area contributed by atoms with Crippen LogP contribution in [-0.2, 0) is 11.2 Å². The smallest absolute Gasteiger partial charge is 0.418 e. The molecule has 1 aromatic rings. The molecule has 1 aromatic heterocycles. The average molecular weight is 237 g/mol. The van der Waals surface area contributed by atoms with Crippen LogP contribution >= 0.6 is 0 Å². The number of carbonyl (C=O) groups excluding carboxylic acids is 1. The Labute approximate surface area is 104 Å². The molecule has 1 heterocycles. The van der Waals surface area contributed by atoms with Gasteiger partial charge in [0.25, 0.3) is 0 Å². The zero-order valence-corrected chi connectivity index (χ0v) is 11.5. The van der Waals surface area contributed by atoms with Crippen molar-refractivity contribution in [2.24, 2.45) is 0 Å². The number of aryl methyl sites for hydroxylation is 2. The summed E-state index contributed by atoms with van der Waals surface area (Å²) in [4.78, 5) is 12.1. The molecule has 3 heteroatoms. The van der Waals surface area contributed by atoms with Crippen LogP contribution in [0.1, 0.15) is 51.9 Å². The molecule has 96 valence electrons. The van der Waals surface area contributed by atoms with Gasteiger partial charge in [0.15, 0.2) is 0 Å². The number of hydrogen-bond acceptors (Lipinski definition) is 2. The van der Waals surface area contributed by atoms with E-state index in [4.69, 9.17) is 4.74 Å². The Morgan fingerprint density at radius 2 is 2.00 bits per heavy atom. The van der Waals surface area contributed by atoms with Crippen molar-refractivity contribution in [1.82, 2.24) is 4.57 Å². The molecule has 0 radical (unpaired) electrons. The van der Waals surface area contributed by atoms with Crippen molar-refractivity contribution in [3.05, 3.63) is 23.5 Å². The Morgan fingerprint density at radius 1 is 1.35 bits per heavy atom. The van der Waals surface area contributed by atoms with E-state index in [1.165, 1.54) is 0 Å². The van der Waals surface area contributed by atoms with Crippen molar-refractivity contribution in [1.29, 1.82) is 0 Å². The third kappa shape index (κ3) is 3.91. The van der Waals surface area contributed by atoms with Gasteiger partial charge < -0.3 is 4.74 Å². The minimum atomic E-state index is -0.449. The van der Waals surface area contributed by atoms with E-state index in [2.05, 4.69) is 6.92 Å². The van der Waals surface area contributed by atoms with Crippen LogP contribution < -0.4 is 0 Å². The first kappa shape index (κ1) is 13.8. The highest BCUT2D eigenvalue weighted by Crippen LogP contribution is 2.15. The van der Waals surface area contributed by atoms with Gasteiger partial charge >= 0.3 is 6.09 Å². The van der Waals surface area contributed by atoms with E-state index in [1.807, 2.05) is 39.8 Å². The fraction of sp³-hybridized carbons (Fsp3) is 0.643. The summed E-state index contributed by atoms with van der Waals surface area (Å²) in [5, 5.41) is 0. The van der Waals surface area contributed by atoms with Crippen LogP contribution in [0.4, 0.5) is 4.79 Å². The van der Waals surface area contributed by atoms with Gasteiger partial charge in [0.1, 0.15) is 5.60 Å². The topological polar surface area (TPSA) is 31.2 Å². The second-order valence-electron chi connectivity index (χ2n) is 5.39. The molecule has 0 aromatic carbocycles.